The van der Waals surface area contributed by atoms with Crippen LogP contribution in [0.5, 0.6) is 0 Å². The number of hydrogen-bond acceptors (Lipinski definition) is 5. The molecule has 1 atom stereocenters. The second-order valence-electron chi connectivity index (χ2n) is 4.83. The van der Waals surface area contributed by atoms with Crippen molar-refractivity contribution < 1.29 is 26.7 Å². The van der Waals surface area contributed by atoms with Crippen LogP contribution < -0.4 is 10.5 Å². The van der Waals surface area contributed by atoms with Crippen LogP contribution in [-0.4, -0.2) is 40.9 Å². The van der Waals surface area contributed by atoms with Crippen LogP contribution in [0.4, 0.5) is 14.5 Å². The molecule has 1 aliphatic heterocycles. The highest BCUT2D eigenvalue weighted by Crippen LogP contribution is 2.24. The SMILES string of the molecule is COC1(CNS(=O)(=O)c2cc(N)cc(F)c2F)CCOC1. The molecule has 1 heterocycles. The van der Waals surface area contributed by atoms with Crippen LogP contribution in [0.2, 0.25) is 0 Å². The molecule has 6 nitrogen and oxygen atoms in total. The average molecular weight is 322 g/mol. The first-order chi connectivity index (χ1) is 9.80. The third-order valence-corrected chi connectivity index (χ3v) is 4.79. The zero-order valence-electron chi connectivity index (χ0n) is 11.4. The van der Waals surface area contributed by atoms with Crippen LogP contribution in [0.25, 0.3) is 0 Å². The van der Waals surface area contributed by atoms with Crippen molar-refractivity contribution in [3.05, 3.63) is 23.8 Å². The molecule has 0 bridgehead atoms. The molecule has 1 unspecified atom stereocenters. The molecule has 0 saturated carbocycles. The Morgan fingerprint density at radius 2 is 2.19 bits per heavy atom. The van der Waals surface area contributed by atoms with Gasteiger partial charge < -0.3 is 15.2 Å². The van der Waals surface area contributed by atoms with E-state index in [1.165, 1.54) is 7.11 Å². The topological polar surface area (TPSA) is 90.7 Å². The molecule has 1 fully saturated rings. The number of halogens is 2. The molecule has 0 aliphatic carbocycles. The maximum atomic E-state index is 13.6. The smallest absolute Gasteiger partial charge is 0.243 e. The van der Waals surface area contributed by atoms with E-state index in [4.69, 9.17) is 15.2 Å². The van der Waals surface area contributed by atoms with Crippen molar-refractivity contribution in [2.24, 2.45) is 0 Å². The normalized spacial score (nSPS) is 22.6. The Balaban J connectivity index is 2.23. The number of anilines is 1. The summed E-state index contributed by atoms with van der Waals surface area (Å²) in [5.41, 5.74) is 4.37. The van der Waals surface area contributed by atoms with Crippen LogP contribution >= 0.6 is 0 Å². The van der Waals surface area contributed by atoms with Crippen molar-refractivity contribution in [3.63, 3.8) is 0 Å². The van der Waals surface area contributed by atoms with E-state index in [9.17, 15) is 17.2 Å². The summed E-state index contributed by atoms with van der Waals surface area (Å²) in [5.74, 6) is -2.79. The lowest BCUT2D eigenvalue weighted by molar-refractivity contribution is -0.0120. The molecule has 0 aromatic heterocycles. The minimum absolute atomic E-state index is 0.109. The van der Waals surface area contributed by atoms with Crippen molar-refractivity contribution >= 4 is 15.7 Å². The van der Waals surface area contributed by atoms with E-state index in [2.05, 4.69) is 4.72 Å². The second-order valence-corrected chi connectivity index (χ2v) is 6.56. The molecule has 2 rings (SSSR count). The highest BCUT2D eigenvalue weighted by atomic mass is 32.2. The zero-order valence-corrected chi connectivity index (χ0v) is 12.2. The first kappa shape index (κ1) is 16.1. The molecule has 1 saturated heterocycles. The van der Waals surface area contributed by atoms with Crippen LogP contribution in [0.15, 0.2) is 17.0 Å². The third-order valence-electron chi connectivity index (χ3n) is 3.39. The molecule has 0 amide bonds. The summed E-state index contributed by atoms with van der Waals surface area (Å²) in [6.45, 7) is 0.554. The molecule has 0 radical (unpaired) electrons. The minimum atomic E-state index is -4.25. The van der Waals surface area contributed by atoms with E-state index in [0.29, 0.717) is 13.0 Å². The Bertz CT molecular complexity index is 630. The summed E-state index contributed by atoms with van der Waals surface area (Å²) < 4.78 is 63.8. The van der Waals surface area contributed by atoms with Crippen molar-refractivity contribution in [2.45, 2.75) is 16.9 Å². The predicted molar refractivity (Wildman–Crippen MR) is 71.1 cm³/mol. The van der Waals surface area contributed by atoms with Gasteiger partial charge in [0.05, 0.1) is 6.61 Å². The Kier molecular flexibility index (Phi) is 4.47. The van der Waals surface area contributed by atoms with Gasteiger partial charge in [-0.2, -0.15) is 0 Å². The van der Waals surface area contributed by atoms with Gasteiger partial charge in [0.15, 0.2) is 11.6 Å². The Morgan fingerprint density at radius 3 is 2.76 bits per heavy atom. The van der Waals surface area contributed by atoms with E-state index in [1.807, 2.05) is 0 Å². The highest BCUT2D eigenvalue weighted by molar-refractivity contribution is 7.89. The molecule has 21 heavy (non-hydrogen) atoms. The number of methoxy groups -OCH3 is 1. The maximum Gasteiger partial charge on any atom is 0.243 e. The van der Waals surface area contributed by atoms with Gasteiger partial charge in [0.25, 0.3) is 0 Å². The van der Waals surface area contributed by atoms with Gasteiger partial charge in [-0.05, 0) is 12.1 Å². The number of benzene rings is 1. The van der Waals surface area contributed by atoms with Gasteiger partial charge in [-0.1, -0.05) is 0 Å². The standard InChI is InChI=1S/C12H16F2N2O4S/c1-19-12(2-3-20-7-12)6-16-21(17,18)10-5-8(15)4-9(13)11(10)14/h4-5,16H,2-3,6-7,15H2,1H3. The van der Waals surface area contributed by atoms with Crippen molar-refractivity contribution in [1.29, 1.82) is 0 Å². The first-order valence-electron chi connectivity index (χ1n) is 6.17. The molecule has 0 spiro atoms. The monoisotopic (exact) mass is 322 g/mol. The van der Waals surface area contributed by atoms with Crippen LogP contribution in [0.3, 0.4) is 0 Å². The second kappa shape index (κ2) is 5.84. The van der Waals surface area contributed by atoms with Gasteiger partial charge in [-0.15, -0.1) is 0 Å². The van der Waals surface area contributed by atoms with Crippen molar-refractivity contribution in [2.75, 3.05) is 32.6 Å². The highest BCUT2D eigenvalue weighted by Gasteiger charge is 2.36. The molecule has 3 N–H and O–H groups in total. The van der Waals surface area contributed by atoms with E-state index in [0.717, 1.165) is 12.1 Å². The van der Waals surface area contributed by atoms with Crippen LogP contribution in [0.1, 0.15) is 6.42 Å². The number of rotatable bonds is 5. The lowest BCUT2D eigenvalue weighted by Gasteiger charge is -2.25. The van der Waals surface area contributed by atoms with Crippen molar-refractivity contribution in [1.82, 2.24) is 4.72 Å². The molecule has 1 aliphatic rings. The summed E-state index contributed by atoms with van der Waals surface area (Å²) >= 11 is 0. The Morgan fingerprint density at radius 1 is 1.48 bits per heavy atom. The van der Waals surface area contributed by atoms with E-state index in [-0.39, 0.29) is 18.8 Å². The Labute approximate surface area is 121 Å². The zero-order chi connectivity index (χ0) is 15.7. The summed E-state index contributed by atoms with van der Waals surface area (Å²) in [6.07, 6.45) is 0.500. The molecule has 9 heteroatoms. The fourth-order valence-corrected chi connectivity index (χ4v) is 3.28. The number of nitrogens with one attached hydrogen (secondary N) is 1. The molecular formula is C12H16F2N2O4S. The molecule has 1 aromatic rings. The summed E-state index contributed by atoms with van der Waals surface area (Å²) in [4.78, 5) is -0.829. The molecular weight excluding hydrogens is 306 g/mol. The first-order valence-corrected chi connectivity index (χ1v) is 7.65. The number of sulfonamides is 1. The van der Waals surface area contributed by atoms with E-state index < -0.39 is 32.2 Å². The average Bonchev–Trinajstić information content (AvgIpc) is 2.90. The summed E-state index contributed by atoms with van der Waals surface area (Å²) in [6, 6.07) is 1.58. The van der Waals surface area contributed by atoms with Crippen LogP contribution in [0, 0.1) is 11.6 Å². The predicted octanol–water partition coefficient (Wildman–Crippen LogP) is 0.631. The van der Waals surface area contributed by atoms with E-state index >= 15 is 0 Å². The fourth-order valence-electron chi connectivity index (χ4n) is 2.04. The number of ether oxygens (including phenoxy) is 2. The maximum absolute atomic E-state index is 13.6. The minimum Gasteiger partial charge on any atom is -0.399 e. The lowest BCUT2D eigenvalue weighted by atomic mass is 10.0. The molecule has 118 valence electrons. The number of hydrogen-bond donors (Lipinski definition) is 2. The molecule has 1 aromatic carbocycles. The number of nitrogens with two attached hydrogens (primary N) is 1. The Hall–Kier alpha value is -1.29. The van der Waals surface area contributed by atoms with Crippen LogP contribution in [-0.2, 0) is 19.5 Å². The van der Waals surface area contributed by atoms with Gasteiger partial charge in [0.2, 0.25) is 10.0 Å². The van der Waals surface area contributed by atoms with Gasteiger partial charge in [0.1, 0.15) is 10.5 Å². The lowest BCUT2D eigenvalue weighted by Crippen LogP contribution is -2.45. The largest absolute Gasteiger partial charge is 0.399 e. The van der Waals surface area contributed by atoms with Gasteiger partial charge in [-0.25, -0.2) is 21.9 Å². The van der Waals surface area contributed by atoms with Crippen molar-refractivity contribution in [3.8, 4) is 0 Å². The van der Waals surface area contributed by atoms with Gasteiger partial charge in [-0.3, -0.25) is 0 Å². The van der Waals surface area contributed by atoms with E-state index in [1.54, 1.807) is 0 Å². The summed E-state index contributed by atoms with van der Waals surface area (Å²) in [7, 11) is -2.82. The third kappa shape index (κ3) is 3.31. The number of nitrogen functional groups attached to an aromatic ring is 1. The quantitative estimate of drug-likeness (QED) is 0.776. The van der Waals surface area contributed by atoms with Gasteiger partial charge >= 0.3 is 0 Å². The fraction of sp³-hybridized carbons (Fsp3) is 0.500. The summed E-state index contributed by atoms with van der Waals surface area (Å²) in [5, 5.41) is 0. The van der Waals surface area contributed by atoms with Gasteiger partial charge in [0, 0.05) is 32.4 Å².